The Morgan fingerprint density at radius 2 is 2.10 bits per heavy atom. The Kier molecular flexibility index (Phi) is 5.31. The number of nitrogens with zero attached hydrogens (tertiary/aromatic N) is 1. The summed E-state index contributed by atoms with van der Waals surface area (Å²) in [6.07, 6.45) is 7.16. The van der Waals surface area contributed by atoms with Crippen LogP contribution in [0.5, 0.6) is 5.75 Å². The second-order valence-corrected chi connectivity index (χ2v) is 5.00. The van der Waals surface area contributed by atoms with E-state index in [1.165, 1.54) is 24.3 Å². The summed E-state index contributed by atoms with van der Waals surface area (Å²) in [7, 11) is 0. The third kappa shape index (κ3) is 4.03. The van der Waals surface area contributed by atoms with Gasteiger partial charge in [-0.2, -0.15) is 8.78 Å². The maximum absolute atomic E-state index is 12.5. The van der Waals surface area contributed by atoms with Gasteiger partial charge in [0.2, 0.25) is 0 Å². The van der Waals surface area contributed by atoms with Gasteiger partial charge >= 0.3 is 6.61 Å². The van der Waals surface area contributed by atoms with Crippen LogP contribution in [0.2, 0.25) is 0 Å². The fraction of sp³-hybridized carbons (Fsp3) is 0.438. The van der Waals surface area contributed by atoms with Crippen LogP contribution in [-0.4, -0.2) is 30.0 Å². The predicted octanol–water partition coefficient (Wildman–Crippen LogP) is 3.86. The van der Waals surface area contributed by atoms with Crippen LogP contribution in [0.25, 0.3) is 0 Å². The quantitative estimate of drug-likeness (QED) is 0.746. The number of unbranched alkanes of at least 4 members (excludes halogenated alkanes) is 1. The highest BCUT2D eigenvalue weighted by Gasteiger charge is 2.25. The summed E-state index contributed by atoms with van der Waals surface area (Å²) in [6.45, 7) is -0.137. The van der Waals surface area contributed by atoms with E-state index in [1.54, 1.807) is 4.90 Å². The van der Waals surface area contributed by atoms with Crippen LogP contribution < -0.4 is 4.74 Å². The Morgan fingerprint density at radius 3 is 2.71 bits per heavy atom. The molecule has 0 radical (unpaired) electrons. The summed E-state index contributed by atoms with van der Waals surface area (Å²) < 4.78 is 28.5. The second-order valence-electron chi connectivity index (χ2n) is 5.00. The van der Waals surface area contributed by atoms with Gasteiger partial charge in [0.1, 0.15) is 5.75 Å². The molecule has 5 heteroatoms. The zero-order valence-electron chi connectivity index (χ0n) is 12.0. The third-order valence-electron chi connectivity index (χ3n) is 3.50. The highest BCUT2D eigenvalue weighted by molar-refractivity contribution is 5.95. The number of carbonyl (C=O) groups is 1. The van der Waals surface area contributed by atoms with Crippen LogP contribution >= 0.6 is 0 Å². The van der Waals surface area contributed by atoms with E-state index in [-0.39, 0.29) is 17.7 Å². The van der Waals surface area contributed by atoms with Crippen molar-refractivity contribution in [2.24, 2.45) is 0 Å². The Balaban J connectivity index is 2.02. The SMILES string of the molecule is CCCCC1C=CCN1C(=O)c1ccc(OC(F)F)cc1. The number of hydrogen-bond donors (Lipinski definition) is 0. The monoisotopic (exact) mass is 295 g/mol. The fourth-order valence-electron chi connectivity index (χ4n) is 2.41. The highest BCUT2D eigenvalue weighted by atomic mass is 19.3. The van der Waals surface area contributed by atoms with Gasteiger partial charge in [0.25, 0.3) is 5.91 Å². The number of amides is 1. The number of alkyl halides is 2. The standard InChI is InChI=1S/C16H19F2NO2/c1-2-3-5-13-6-4-11-19(13)15(20)12-7-9-14(10-8-12)21-16(17)18/h4,6-10,13,16H,2-3,5,11H2,1H3. The lowest BCUT2D eigenvalue weighted by molar-refractivity contribution is -0.0498. The highest BCUT2D eigenvalue weighted by Crippen LogP contribution is 2.21. The first-order valence-corrected chi connectivity index (χ1v) is 7.14. The van der Waals surface area contributed by atoms with Crippen molar-refractivity contribution in [2.75, 3.05) is 6.54 Å². The van der Waals surface area contributed by atoms with Gasteiger partial charge in [-0.25, -0.2) is 0 Å². The van der Waals surface area contributed by atoms with Crippen LogP contribution in [0.1, 0.15) is 36.5 Å². The summed E-state index contributed by atoms with van der Waals surface area (Å²) >= 11 is 0. The largest absolute Gasteiger partial charge is 0.435 e. The molecule has 1 atom stereocenters. The number of halogens is 2. The molecule has 1 unspecified atom stereocenters. The van der Waals surface area contributed by atoms with Gasteiger partial charge in [-0.3, -0.25) is 4.79 Å². The molecule has 21 heavy (non-hydrogen) atoms. The molecule has 0 spiro atoms. The summed E-state index contributed by atoms with van der Waals surface area (Å²) in [6, 6.07) is 5.97. The normalized spacial score (nSPS) is 17.5. The second kappa shape index (κ2) is 7.20. The van der Waals surface area contributed by atoms with Gasteiger partial charge in [-0.15, -0.1) is 0 Å². The molecule has 0 saturated heterocycles. The Bertz CT molecular complexity index is 500. The topological polar surface area (TPSA) is 29.5 Å². The van der Waals surface area contributed by atoms with Crippen LogP contribution in [0.3, 0.4) is 0 Å². The van der Waals surface area contributed by atoms with Crippen molar-refractivity contribution < 1.29 is 18.3 Å². The summed E-state index contributed by atoms with van der Waals surface area (Å²) in [5.74, 6) is -0.0201. The lowest BCUT2D eigenvalue weighted by Gasteiger charge is -2.24. The minimum absolute atomic E-state index is 0.0589. The van der Waals surface area contributed by atoms with Gasteiger partial charge in [0.05, 0.1) is 6.04 Å². The van der Waals surface area contributed by atoms with Crippen LogP contribution in [0.15, 0.2) is 36.4 Å². The maximum atomic E-state index is 12.5. The first-order chi connectivity index (χ1) is 10.1. The van der Waals surface area contributed by atoms with Crippen LogP contribution in [-0.2, 0) is 0 Å². The molecule has 0 aromatic heterocycles. The molecule has 114 valence electrons. The Hall–Kier alpha value is -1.91. The van der Waals surface area contributed by atoms with E-state index in [4.69, 9.17) is 0 Å². The first kappa shape index (κ1) is 15.5. The number of carbonyl (C=O) groups excluding carboxylic acids is 1. The van der Waals surface area contributed by atoms with Gasteiger partial charge in [0.15, 0.2) is 0 Å². The van der Waals surface area contributed by atoms with Gasteiger partial charge in [-0.05, 0) is 30.7 Å². The molecule has 2 rings (SSSR count). The maximum Gasteiger partial charge on any atom is 0.387 e. The van der Waals surface area contributed by atoms with Crippen LogP contribution in [0, 0.1) is 0 Å². The average molecular weight is 295 g/mol. The van der Waals surface area contributed by atoms with Crippen molar-refractivity contribution in [1.82, 2.24) is 4.90 Å². The zero-order chi connectivity index (χ0) is 15.2. The van der Waals surface area contributed by atoms with Crippen LogP contribution in [0.4, 0.5) is 8.78 Å². The molecule has 0 fully saturated rings. The number of rotatable bonds is 6. The summed E-state index contributed by atoms with van der Waals surface area (Å²) in [5.41, 5.74) is 0.488. The molecule has 0 bridgehead atoms. The van der Waals surface area contributed by atoms with Gasteiger partial charge in [-0.1, -0.05) is 31.9 Å². The van der Waals surface area contributed by atoms with E-state index in [0.29, 0.717) is 12.1 Å². The number of ether oxygens (including phenoxy) is 1. The van der Waals surface area contributed by atoms with E-state index >= 15 is 0 Å². The predicted molar refractivity (Wildman–Crippen MR) is 76.6 cm³/mol. The summed E-state index contributed by atoms with van der Waals surface area (Å²) in [5, 5.41) is 0. The molecule has 0 aliphatic carbocycles. The molecule has 0 N–H and O–H groups in total. The van der Waals surface area contributed by atoms with Gasteiger partial charge < -0.3 is 9.64 Å². The number of benzene rings is 1. The molecule has 1 amide bonds. The van der Waals surface area contributed by atoms with Crippen molar-refractivity contribution in [2.45, 2.75) is 38.8 Å². The van der Waals surface area contributed by atoms with Crippen molar-refractivity contribution in [3.05, 3.63) is 42.0 Å². The molecular formula is C16H19F2NO2. The lowest BCUT2D eigenvalue weighted by atomic mass is 10.1. The molecule has 1 aromatic rings. The Labute approximate surface area is 123 Å². The molecule has 1 aromatic carbocycles. The van der Waals surface area contributed by atoms with Crippen molar-refractivity contribution >= 4 is 5.91 Å². The minimum Gasteiger partial charge on any atom is -0.435 e. The number of hydrogen-bond acceptors (Lipinski definition) is 2. The lowest BCUT2D eigenvalue weighted by Crippen LogP contribution is -2.36. The van der Waals surface area contributed by atoms with E-state index in [9.17, 15) is 13.6 Å². The Morgan fingerprint density at radius 1 is 1.38 bits per heavy atom. The average Bonchev–Trinajstić information content (AvgIpc) is 2.93. The van der Waals surface area contributed by atoms with Crippen molar-refractivity contribution in [1.29, 1.82) is 0 Å². The van der Waals surface area contributed by atoms with E-state index < -0.39 is 6.61 Å². The molecule has 0 saturated carbocycles. The summed E-state index contributed by atoms with van der Waals surface area (Å²) in [4.78, 5) is 14.3. The minimum atomic E-state index is -2.85. The van der Waals surface area contributed by atoms with E-state index in [0.717, 1.165) is 19.3 Å². The molecular weight excluding hydrogens is 276 g/mol. The molecule has 1 aliphatic heterocycles. The first-order valence-electron chi connectivity index (χ1n) is 7.14. The molecule has 1 aliphatic rings. The van der Waals surface area contributed by atoms with Gasteiger partial charge in [0, 0.05) is 12.1 Å². The van der Waals surface area contributed by atoms with Crippen molar-refractivity contribution in [3.8, 4) is 5.75 Å². The third-order valence-corrected chi connectivity index (χ3v) is 3.50. The fourth-order valence-corrected chi connectivity index (χ4v) is 2.41. The van der Waals surface area contributed by atoms with E-state index in [2.05, 4.69) is 17.7 Å². The molecule has 3 nitrogen and oxygen atoms in total. The van der Waals surface area contributed by atoms with Crippen molar-refractivity contribution in [3.63, 3.8) is 0 Å². The van der Waals surface area contributed by atoms with E-state index in [1.807, 2.05) is 6.08 Å². The molecule has 1 heterocycles. The smallest absolute Gasteiger partial charge is 0.387 e. The zero-order valence-corrected chi connectivity index (χ0v) is 12.0.